The predicted octanol–water partition coefficient (Wildman–Crippen LogP) is 3.46. The van der Waals surface area contributed by atoms with E-state index in [0.29, 0.717) is 33.6 Å². The summed E-state index contributed by atoms with van der Waals surface area (Å²) in [5, 5.41) is 4.51. The summed E-state index contributed by atoms with van der Waals surface area (Å²) < 4.78 is 5.83. The molecule has 36 heavy (non-hydrogen) atoms. The number of nitrogens with one attached hydrogen (secondary N) is 2. The molecule has 2 amide bonds. The molecule has 6 rings (SSSR count). The molecule has 1 aromatic carbocycles. The second-order valence-electron chi connectivity index (χ2n) is 9.36. The fourth-order valence-electron chi connectivity index (χ4n) is 5.55. The van der Waals surface area contributed by atoms with E-state index in [1.807, 2.05) is 17.0 Å². The van der Waals surface area contributed by atoms with Crippen LogP contribution in [0.4, 0.5) is 0 Å². The van der Waals surface area contributed by atoms with Gasteiger partial charge in [-0.3, -0.25) is 9.59 Å². The molecule has 2 N–H and O–H groups in total. The van der Waals surface area contributed by atoms with Crippen molar-refractivity contribution in [2.24, 2.45) is 5.92 Å². The summed E-state index contributed by atoms with van der Waals surface area (Å²) in [6.07, 6.45) is 9.08. The summed E-state index contributed by atoms with van der Waals surface area (Å²) in [4.78, 5) is 44.0. The van der Waals surface area contributed by atoms with E-state index < -0.39 is 0 Å². The van der Waals surface area contributed by atoms with Crippen molar-refractivity contribution in [3.8, 4) is 5.75 Å². The third kappa shape index (κ3) is 4.43. The van der Waals surface area contributed by atoms with E-state index in [-0.39, 0.29) is 42.2 Å². The largest absolute Gasteiger partial charge is 0.488 e. The van der Waals surface area contributed by atoms with Crippen LogP contribution in [0.25, 0.3) is 17.2 Å². The molecule has 3 aromatic rings. The van der Waals surface area contributed by atoms with Crippen LogP contribution in [0.1, 0.15) is 31.2 Å². The number of imidazole rings is 1. The first-order chi connectivity index (χ1) is 17.6. The molecule has 2 aliphatic heterocycles. The molecule has 11 heteroatoms. The Morgan fingerprint density at radius 2 is 2.11 bits per heavy atom. The Bertz CT molecular complexity index is 1360. The van der Waals surface area contributed by atoms with E-state index in [1.54, 1.807) is 18.5 Å². The molecule has 3 atom stereocenters. The van der Waals surface area contributed by atoms with Crippen molar-refractivity contribution in [3.05, 3.63) is 47.0 Å². The van der Waals surface area contributed by atoms with Gasteiger partial charge in [-0.2, -0.15) is 0 Å². The van der Waals surface area contributed by atoms with Gasteiger partial charge < -0.3 is 19.9 Å². The maximum atomic E-state index is 13.6. The van der Waals surface area contributed by atoms with Gasteiger partial charge in [0.2, 0.25) is 5.91 Å². The van der Waals surface area contributed by atoms with Crippen LogP contribution in [-0.2, 0) is 9.59 Å². The standard InChI is InChI=1S/C25H25ClN6O3S/c26-16-6-5-14-7-15(10-35-20(14)8-16)25(34)32-9-18(17-3-1-2-4-19(17)32)31-21(33)11-36-24-22-23(28-12-27-22)29-13-30-24/h5-8,12-13,17-19H,1-4,9-11H2,(H,31,33)(H,27,28,29,30). The number of rotatable bonds is 5. The number of benzene rings is 1. The lowest BCUT2D eigenvalue weighted by Gasteiger charge is -2.33. The van der Waals surface area contributed by atoms with Crippen LogP contribution < -0.4 is 10.1 Å². The van der Waals surface area contributed by atoms with Crippen LogP contribution >= 0.6 is 23.4 Å². The van der Waals surface area contributed by atoms with Crippen LogP contribution in [0, 0.1) is 5.92 Å². The predicted molar refractivity (Wildman–Crippen MR) is 137 cm³/mol. The molecular formula is C25H25ClN6O3S. The molecule has 2 aromatic heterocycles. The highest BCUT2D eigenvalue weighted by Crippen LogP contribution is 2.38. The number of likely N-dealkylation sites (tertiary alicyclic amines) is 1. The molecule has 4 heterocycles. The zero-order valence-electron chi connectivity index (χ0n) is 19.4. The zero-order chi connectivity index (χ0) is 24.6. The summed E-state index contributed by atoms with van der Waals surface area (Å²) >= 11 is 7.42. The Hall–Kier alpha value is -3.11. The molecule has 3 unspecified atom stereocenters. The van der Waals surface area contributed by atoms with Gasteiger partial charge in [0.05, 0.1) is 23.7 Å². The number of aromatic amines is 1. The van der Waals surface area contributed by atoms with Crippen LogP contribution in [0.3, 0.4) is 0 Å². The summed E-state index contributed by atoms with van der Waals surface area (Å²) in [5.41, 5.74) is 2.79. The first-order valence-electron chi connectivity index (χ1n) is 12.1. The van der Waals surface area contributed by atoms with E-state index in [0.717, 1.165) is 36.8 Å². The third-order valence-corrected chi connectivity index (χ3v) is 8.42. The topological polar surface area (TPSA) is 113 Å². The van der Waals surface area contributed by atoms with Crippen molar-refractivity contribution >= 4 is 52.4 Å². The molecule has 0 spiro atoms. The quantitative estimate of drug-likeness (QED) is 0.388. The summed E-state index contributed by atoms with van der Waals surface area (Å²) in [6, 6.07) is 5.49. The summed E-state index contributed by atoms with van der Waals surface area (Å²) in [6.45, 7) is 0.725. The number of hydrogen-bond acceptors (Lipinski definition) is 7. The van der Waals surface area contributed by atoms with Gasteiger partial charge in [-0.1, -0.05) is 36.2 Å². The van der Waals surface area contributed by atoms with E-state index in [2.05, 4.69) is 25.3 Å². The number of aromatic nitrogens is 4. The van der Waals surface area contributed by atoms with Crippen molar-refractivity contribution in [2.75, 3.05) is 18.9 Å². The van der Waals surface area contributed by atoms with E-state index in [1.165, 1.54) is 18.1 Å². The van der Waals surface area contributed by atoms with Gasteiger partial charge in [-0.15, -0.1) is 0 Å². The van der Waals surface area contributed by atoms with Gasteiger partial charge >= 0.3 is 0 Å². The van der Waals surface area contributed by atoms with Crippen molar-refractivity contribution in [1.29, 1.82) is 0 Å². The minimum atomic E-state index is -0.0686. The normalized spacial score (nSPS) is 23.0. The number of carbonyl (C=O) groups is 2. The Labute approximate surface area is 217 Å². The molecule has 1 aliphatic carbocycles. The fraction of sp³-hybridized carbons (Fsp3) is 0.400. The van der Waals surface area contributed by atoms with Crippen LogP contribution in [0.15, 0.2) is 41.5 Å². The van der Waals surface area contributed by atoms with Crippen LogP contribution in [-0.4, -0.2) is 67.6 Å². The Kier molecular flexibility index (Phi) is 6.30. The lowest BCUT2D eigenvalue weighted by Crippen LogP contribution is -2.42. The average Bonchev–Trinajstić information content (AvgIpc) is 3.52. The van der Waals surface area contributed by atoms with Gasteiger partial charge in [0.15, 0.2) is 5.65 Å². The van der Waals surface area contributed by atoms with Gasteiger partial charge in [0, 0.05) is 29.1 Å². The maximum Gasteiger partial charge on any atom is 0.253 e. The Morgan fingerprint density at radius 3 is 3.03 bits per heavy atom. The Morgan fingerprint density at radius 1 is 1.22 bits per heavy atom. The molecule has 2 fully saturated rings. The second-order valence-corrected chi connectivity index (χ2v) is 10.8. The van der Waals surface area contributed by atoms with E-state index >= 15 is 0 Å². The molecule has 0 radical (unpaired) electrons. The van der Waals surface area contributed by atoms with Gasteiger partial charge in [0.25, 0.3) is 5.91 Å². The number of hydrogen-bond donors (Lipinski definition) is 2. The van der Waals surface area contributed by atoms with Crippen LogP contribution in [0.2, 0.25) is 5.02 Å². The lowest BCUT2D eigenvalue weighted by molar-refractivity contribution is -0.129. The zero-order valence-corrected chi connectivity index (χ0v) is 21.0. The first kappa shape index (κ1) is 23.3. The SMILES string of the molecule is O=C(CSc1ncnc2nc[nH]c12)NC1CN(C(=O)C2=Cc3ccc(Cl)cc3OC2)C2CCCCC12. The average molecular weight is 525 g/mol. The fourth-order valence-corrected chi connectivity index (χ4v) is 6.47. The van der Waals surface area contributed by atoms with Crippen molar-refractivity contribution < 1.29 is 14.3 Å². The minimum absolute atomic E-state index is 0.0127. The first-order valence-corrected chi connectivity index (χ1v) is 13.4. The molecule has 9 nitrogen and oxygen atoms in total. The Balaban J connectivity index is 1.14. The lowest BCUT2D eigenvalue weighted by atomic mass is 9.82. The number of thioether (sulfide) groups is 1. The van der Waals surface area contributed by atoms with Gasteiger partial charge in [-0.05, 0) is 37.1 Å². The minimum Gasteiger partial charge on any atom is -0.488 e. The van der Waals surface area contributed by atoms with Crippen molar-refractivity contribution in [2.45, 2.75) is 42.8 Å². The van der Waals surface area contributed by atoms with E-state index in [9.17, 15) is 9.59 Å². The number of carbonyl (C=O) groups excluding carboxylic acids is 2. The molecule has 186 valence electrons. The smallest absolute Gasteiger partial charge is 0.253 e. The van der Waals surface area contributed by atoms with Crippen LogP contribution in [0.5, 0.6) is 5.75 Å². The third-order valence-electron chi connectivity index (χ3n) is 7.19. The second kappa shape index (κ2) is 9.74. The summed E-state index contributed by atoms with van der Waals surface area (Å²) in [5.74, 6) is 1.09. The highest BCUT2D eigenvalue weighted by atomic mass is 35.5. The molecule has 0 bridgehead atoms. The van der Waals surface area contributed by atoms with Crippen molar-refractivity contribution in [3.63, 3.8) is 0 Å². The number of H-pyrrole nitrogens is 1. The molecule has 3 aliphatic rings. The number of halogens is 1. The number of fused-ring (bicyclic) bond motifs is 3. The molecule has 1 saturated carbocycles. The monoisotopic (exact) mass is 524 g/mol. The highest BCUT2D eigenvalue weighted by molar-refractivity contribution is 8.00. The summed E-state index contributed by atoms with van der Waals surface area (Å²) in [7, 11) is 0. The van der Waals surface area contributed by atoms with Gasteiger partial charge in [-0.25, -0.2) is 15.0 Å². The molecule has 1 saturated heterocycles. The number of ether oxygens (including phenoxy) is 1. The number of nitrogens with zero attached hydrogens (tertiary/aromatic N) is 4. The maximum absolute atomic E-state index is 13.6. The van der Waals surface area contributed by atoms with Gasteiger partial charge in [0.1, 0.15) is 29.2 Å². The highest BCUT2D eigenvalue weighted by Gasteiger charge is 2.46. The van der Waals surface area contributed by atoms with Crippen molar-refractivity contribution in [1.82, 2.24) is 30.2 Å². The van der Waals surface area contributed by atoms with E-state index in [4.69, 9.17) is 16.3 Å². The molecular weight excluding hydrogens is 500 g/mol. The number of amides is 2.